The number of aliphatic hydroxyl groups excluding tert-OH is 1. The summed E-state index contributed by atoms with van der Waals surface area (Å²) in [6.07, 6.45) is 20.9. The zero-order valence-corrected chi connectivity index (χ0v) is 20.5. The summed E-state index contributed by atoms with van der Waals surface area (Å²) in [7, 11) is 0. The van der Waals surface area contributed by atoms with E-state index in [1.165, 1.54) is 37.9 Å². The van der Waals surface area contributed by atoms with Crippen molar-refractivity contribution in [3.05, 3.63) is 48.6 Å². The third-order valence-electron chi connectivity index (χ3n) is 4.58. The van der Waals surface area contributed by atoms with Crippen molar-refractivity contribution in [2.75, 3.05) is 5.75 Å². The topological polar surface area (TPSA) is 124 Å². The number of allylic oxidation sites excluding steroid dienone is 7. The van der Waals surface area contributed by atoms with Crippen molar-refractivity contribution in [3.63, 3.8) is 0 Å². The van der Waals surface area contributed by atoms with E-state index in [1.807, 2.05) is 24.3 Å². The Hall–Kier alpha value is -2.32. The lowest BCUT2D eigenvalue weighted by molar-refractivity contribution is -0.140. The van der Waals surface area contributed by atoms with Gasteiger partial charge in [-0.15, -0.1) is 11.8 Å². The van der Waals surface area contributed by atoms with Crippen molar-refractivity contribution in [1.82, 2.24) is 5.32 Å². The Morgan fingerprint density at radius 2 is 1.70 bits per heavy atom. The van der Waals surface area contributed by atoms with Crippen molar-refractivity contribution in [1.29, 1.82) is 0 Å². The first-order chi connectivity index (χ1) is 15.8. The number of hydrogen-bond acceptors (Lipinski definition) is 5. The van der Waals surface area contributed by atoms with Crippen molar-refractivity contribution in [2.24, 2.45) is 0 Å². The zero-order valence-electron chi connectivity index (χ0n) is 19.7. The number of nitrogens with one attached hydrogen (secondary N) is 1. The van der Waals surface area contributed by atoms with Crippen molar-refractivity contribution in [2.45, 2.75) is 82.6 Å². The van der Waals surface area contributed by atoms with Gasteiger partial charge in [-0.3, -0.25) is 9.59 Å². The average Bonchev–Trinajstić information content (AvgIpc) is 2.74. The van der Waals surface area contributed by atoms with Crippen LogP contribution in [-0.2, 0) is 14.4 Å². The van der Waals surface area contributed by atoms with Crippen molar-refractivity contribution >= 4 is 29.6 Å². The van der Waals surface area contributed by atoms with E-state index in [1.54, 1.807) is 12.2 Å². The van der Waals surface area contributed by atoms with E-state index in [9.17, 15) is 24.6 Å². The number of amides is 1. The highest BCUT2D eigenvalue weighted by molar-refractivity contribution is 8.00. The van der Waals surface area contributed by atoms with Gasteiger partial charge in [0.1, 0.15) is 6.04 Å². The first-order valence-electron chi connectivity index (χ1n) is 11.4. The maximum atomic E-state index is 11.3. The first-order valence-corrected chi connectivity index (χ1v) is 12.5. The largest absolute Gasteiger partial charge is 0.481 e. The number of rotatable bonds is 19. The number of carbonyl (C=O) groups is 3. The highest BCUT2D eigenvalue weighted by atomic mass is 32.2. The number of carbonyl (C=O) groups excluding carboxylic acids is 1. The predicted molar refractivity (Wildman–Crippen MR) is 134 cm³/mol. The zero-order chi connectivity index (χ0) is 24.9. The summed E-state index contributed by atoms with van der Waals surface area (Å²) in [5, 5.41) is 30.5. The standard InChI is InChI=1S/C25H39NO6S/c1-3-4-5-6-7-8-9-10-11-12-13-14-17-23(22(28)16-15-18-24(29)30)33-19-21(25(31)32)26-20(2)27/h7-8,10-14,17,21-23,28H,3-6,9,15-16,18-19H2,1-2H3,(H,26,27)(H,29,30)(H,31,32)/b8-7+,11-10+,13-12+,17-14+/t21-,22-,23+/m0/s1. The Labute approximate surface area is 201 Å². The molecule has 0 saturated heterocycles. The SMILES string of the molecule is CCCCC/C=C/C/C=C/C=C/C=C/[C@@H](SC[C@H](NC(C)=O)C(=O)O)[C@@H](O)CCCC(=O)O. The molecule has 8 heteroatoms. The van der Waals surface area contributed by atoms with Crippen LogP contribution in [0.3, 0.4) is 0 Å². The minimum atomic E-state index is -1.15. The summed E-state index contributed by atoms with van der Waals surface area (Å²) in [6, 6.07) is -1.07. The maximum absolute atomic E-state index is 11.3. The molecule has 0 heterocycles. The summed E-state index contributed by atoms with van der Waals surface area (Å²) in [5.41, 5.74) is 0. The number of carboxylic acid groups (broad SMARTS) is 2. The van der Waals surface area contributed by atoms with E-state index >= 15 is 0 Å². The minimum Gasteiger partial charge on any atom is -0.481 e. The molecular formula is C25H39NO6S. The third-order valence-corrected chi connectivity index (χ3v) is 5.97. The number of hydrogen-bond donors (Lipinski definition) is 4. The molecule has 186 valence electrons. The van der Waals surface area contributed by atoms with Gasteiger partial charge in [-0.2, -0.15) is 0 Å². The van der Waals surface area contributed by atoms with Gasteiger partial charge in [-0.1, -0.05) is 68.4 Å². The van der Waals surface area contributed by atoms with Crippen LogP contribution < -0.4 is 5.32 Å². The van der Waals surface area contributed by atoms with Gasteiger partial charge in [-0.25, -0.2) is 4.79 Å². The molecule has 0 aromatic carbocycles. The molecule has 4 N–H and O–H groups in total. The van der Waals surface area contributed by atoms with Crippen LogP contribution in [0.15, 0.2) is 48.6 Å². The van der Waals surface area contributed by atoms with Gasteiger partial charge in [-0.05, 0) is 32.1 Å². The fourth-order valence-corrected chi connectivity index (χ4v) is 4.01. The van der Waals surface area contributed by atoms with Crippen LogP contribution in [0.25, 0.3) is 0 Å². The summed E-state index contributed by atoms with van der Waals surface area (Å²) < 4.78 is 0. The van der Waals surface area contributed by atoms with Crippen LogP contribution >= 0.6 is 11.8 Å². The molecular weight excluding hydrogens is 442 g/mol. The van der Waals surface area contributed by atoms with E-state index in [2.05, 4.69) is 24.4 Å². The van der Waals surface area contributed by atoms with Crippen LogP contribution in [0.5, 0.6) is 0 Å². The summed E-state index contributed by atoms with van der Waals surface area (Å²) in [5.74, 6) is -2.44. The molecule has 0 unspecified atom stereocenters. The van der Waals surface area contributed by atoms with E-state index in [-0.39, 0.29) is 18.6 Å². The average molecular weight is 482 g/mol. The van der Waals surface area contributed by atoms with Crippen LogP contribution in [0.1, 0.15) is 65.2 Å². The highest BCUT2D eigenvalue weighted by Gasteiger charge is 2.23. The molecule has 7 nitrogen and oxygen atoms in total. The Kier molecular flexibility index (Phi) is 18.9. The molecule has 0 aromatic heterocycles. The van der Waals surface area contributed by atoms with E-state index in [0.29, 0.717) is 6.42 Å². The lowest BCUT2D eigenvalue weighted by Crippen LogP contribution is -2.42. The van der Waals surface area contributed by atoms with Crippen molar-refractivity contribution < 1.29 is 29.7 Å². The number of aliphatic carboxylic acids is 2. The number of thioether (sulfide) groups is 1. The quantitative estimate of drug-likeness (QED) is 0.122. The lowest BCUT2D eigenvalue weighted by atomic mass is 10.1. The second-order valence-electron chi connectivity index (χ2n) is 7.64. The Morgan fingerprint density at radius 1 is 0.970 bits per heavy atom. The molecule has 33 heavy (non-hydrogen) atoms. The van der Waals surface area contributed by atoms with Gasteiger partial charge >= 0.3 is 11.9 Å². The van der Waals surface area contributed by atoms with E-state index in [0.717, 1.165) is 12.8 Å². The summed E-state index contributed by atoms with van der Waals surface area (Å²) in [4.78, 5) is 33.3. The molecule has 0 aromatic rings. The molecule has 0 radical (unpaired) electrons. The molecule has 0 fully saturated rings. The molecule has 0 saturated carbocycles. The number of unbranched alkanes of at least 4 members (excludes halogenated alkanes) is 3. The molecule has 1 amide bonds. The molecule has 0 aliphatic carbocycles. The molecule has 0 aliphatic heterocycles. The van der Waals surface area contributed by atoms with Crippen LogP contribution in [-0.4, -0.2) is 56.3 Å². The van der Waals surface area contributed by atoms with E-state index < -0.39 is 35.2 Å². The maximum Gasteiger partial charge on any atom is 0.327 e. The van der Waals surface area contributed by atoms with Gasteiger partial charge in [0.25, 0.3) is 0 Å². The molecule has 0 spiro atoms. The molecule has 3 atom stereocenters. The monoisotopic (exact) mass is 481 g/mol. The van der Waals surface area contributed by atoms with Gasteiger partial charge in [0, 0.05) is 24.3 Å². The Bertz CT molecular complexity index is 686. The number of carboxylic acids is 2. The van der Waals surface area contributed by atoms with Crippen LogP contribution in [0.4, 0.5) is 0 Å². The lowest BCUT2D eigenvalue weighted by Gasteiger charge is -2.21. The minimum absolute atomic E-state index is 0.0421. The van der Waals surface area contributed by atoms with Crippen LogP contribution in [0.2, 0.25) is 0 Å². The summed E-state index contributed by atoms with van der Waals surface area (Å²) in [6.45, 7) is 3.44. The Balaban J connectivity index is 4.78. The summed E-state index contributed by atoms with van der Waals surface area (Å²) >= 11 is 1.21. The smallest absolute Gasteiger partial charge is 0.327 e. The highest BCUT2D eigenvalue weighted by Crippen LogP contribution is 2.21. The molecule has 0 aliphatic rings. The third kappa shape index (κ3) is 18.9. The Morgan fingerprint density at radius 3 is 2.33 bits per heavy atom. The first kappa shape index (κ1) is 30.7. The van der Waals surface area contributed by atoms with Gasteiger partial charge in [0.15, 0.2) is 0 Å². The van der Waals surface area contributed by atoms with Gasteiger partial charge in [0.05, 0.1) is 6.10 Å². The number of aliphatic hydroxyl groups is 1. The van der Waals surface area contributed by atoms with Crippen LogP contribution in [0, 0.1) is 0 Å². The second-order valence-corrected chi connectivity index (χ2v) is 8.85. The second kappa shape index (κ2) is 20.3. The molecule has 0 bridgehead atoms. The normalized spacial score (nSPS) is 14.9. The van der Waals surface area contributed by atoms with Gasteiger partial charge < -0.3 is 20.6 Å². The van der Waals surface area contributed by atoms with Gasteiger partial charge in [0.2, 0.25) is 5.91 Å². The van der Waals surface area contributed by atoms with Crippen molar-refractivity contribution in [3.8, 4) is 0 Å². The predicted octanol–water partition coefficient (Wildman–Crippen LogP) is 4.49. The fourth-order valence-electron chi connectivity index (χ4n) is 2.81. The molecule has 0 rings (SSSR count). The van der Waals surface area contributed by atoms with E-state index in [4.69, 9.17) is 5.11 Å². The fraction of sp³-hybridized carbons (Fsp3) is 0.560.